The van der Waals surface area contributed by atoms with Gasteiger partial charge in [-0.15, -0.1) is 0 Å². The van der Waals surface area contributed by atoms with Gasteiger partial charge in [0.25, 0.3) is 0 Å². The van der Waals surface area contributed by atoms with Crippen LogP contribution in [0.15, 0.2) is 4.99 Å². The summed E-state index contributed by atoms with van der Waals surface area (Å²) in [5, 5.41) is 0. The summed E-state index contributed by atoms with van der Waals surface area (Å²) < 4.78 is 0. The molecule has 44 valence electrons. The van der Waals surface area contributed by atoms with Crippen LogP contribution in [0.1, 0.15) is 6.92 Å². The number of hydrogen-bond acceptors (Lipinski definition) is 2. The van der Waals surface area contributed by atoms with Crippen molar-refractivity contribution in [1.29, 1.82) is 0 Å². The first-order chi connectivity index (χ1) is 3.79. The average molecular weight is 113 g/mol. The van der Waals surface area contributed by atoms with Crippen LogP contribution in [0.3, 0.4) is 0 Å². The Hall–Kier alpha value is -0.900. The van der Waals surface area contributed by atoms with Crippen molar-refractivity contribution in [3.63, 3.8) is 0 Å². The van der Waals surface area contributed by atoms with E-state index in [-0.39, 0.29) is 6.03 Å². The minimum absolute atomic E-state index is 0.311. The van der Waals surface area contributed by atoms with Gasteiger partial charge in [0.15, 0.2) is 0 Å². The average Bonchev–Trinajstić information content (AvgIpc) is 1.64. The third kappa shape index (κ3) is 1.04. The van der Waals surface area contributed by atoms with Gasteiger partial charge in [0, 0.05) is 5.71 Å². The van der Waals surface area contributed by atoms with E-state index in [0.717, 1.165) is 5.71 Å². The second-order valence-corrected chi connectivity index (χ2v) is 1.63. The largest absolute Gasteiger partial charge is 0.355 e. The molecule has 1 aliphatic rings. The molecule has 0 saturated carbocycles. The van der Waals surface area contributed by atoms with Crippen molar-refractivity contribution in [3.05, 3.63) is 0 Å². The maximum atomic E-state index is 10.3. The lowest BCUT2D eigenvalue weighted by Gasteiger charge is -2.08. The van der Waals surface area contributed by atoms with Gasteiger partial charge in [-0.05, 0) is 6.92 Å². The van der Waals surface area contributed by atoms with Gasteiger partial charge in [-0.3, -0.25) is 5.43 Å². The van der Waals surface area contributed by atoms with E-state index >= 15 is 0 Å². The Morgan fingerprint density at radius 1 is 1.75 bits per heavy atom. The number of hydrogen-bond donors (Lipinski definition) is 2. The molecule has 0 radical (unpaired) electrons. The predicted molar refractivity (Wildman–Crippen MR) is 29.6 cm³/mol. The SMILES string of the molecule is CC1=NC(=O)NNC1. The minimum atomic E-state index is -0.311. The molecule has 0 unspecified atom stereocenters. The van der Waals surface area contributed by atoms with E-state index in [2.05, 4.69) is 15.8 Å². The highest BCUT2D eigenvalue weighted by molar-refractivity contribution is 5.96. The number of amides is 2. The van der Waals surface area contributed by atoms with Gasteiger partial charge >= 0.3 is 6.03 Å². The molecular formula is C4H7N3O. The van der Waals surface area contributed by atoms with Crippen molar-refractivity contribution in [1.82, 2.24) is 10.9 Å². The topological polar surface area (TPSA) is 53.5 Å². The highest BCUT2D eigenvalue weighted by atomic mass is 16.2. The maximum Gasteiger partial charge on any atom is 0.355 e. The summed E-state index contributed by atoms with van der Waals surface area (Å²) in [5.41, 5.74) is 5.80. The number of rotatable bonds is 0. The van der Waals surface area contributed by atoms with E-state index < -0.39 is 0 Å². The van der Waals surface area contributed by atoms with Crippen LogP contribution in [0.4, 0.5) is 4.79 Å². The van der Waals surface area contributed by atoms with E-state index in [4.69, 9.17) is 0 Å². The zero-order valence-corrected chi connectivity index (χ0v) is 4.56. The monoisotopic (exact) mass is 113 g/mol. The first-order valence-corrected chi connectivity index (χ1v) is 2.36. The van der Waals surface area contributed by atoms with Gasteiger partial charge in [0.1, 0.15) is 0 Å². The molecule has 8 heavy (non-hydrogen) atoms. The quantitative estimate of drug-likeness (QED) is 0.452. The highest BCUT2D eigenvalue weighted by Gasteiger charge is 2.03. The van der Waals surface area contributed by atoms with Crippen LogP contribution in [-0.4, -0.2) is 18.3 Å². The summed E-state index contributed by atoms with van der Waals surface area (Å²) in [6, 6.07) is -0.311. The summed E-state index contributed by atoms with van der Waals surface area (Å²) in [6.45, 7) is 2.44. The molecule has 0 aromatic heterocycles. The summed E-state index contributed by atoms with van der Waals surface area (Å²) in [7, 11) is 0. The van der Waals surface area contributed by atoms with E-state index in [9.17, 15) is 4.79 Å². The number of hydrazine groups is 1. The number of nitrogens with one attached hydrogen (secondary N) is 2. The number of carbonyl (C=O) groups excluding carboxylic acids is 1. The van der Waals surface area contributed by atoms with Crippen LogP contribution in [0.2, 0.25) is 0 Å². The first-order valence-electron chi connectivity index (χ1n) is 2.36. The van der Waals surface area contributed by atoms with Crippen molar-refractivity contribution in [3.8, 4) is 0 Å². The summed E-state index contributed by atoms with van der Waals surface area (Å²) in [4.78, 5) is 13.9. The summed E-state index contributed by atoms with van der Waals surface area (Å²) in [6.07, 6.45) is 0. The van der Waals surface area contributed by atoms with Crippen LogP contribution >= 0.6 is 0 Å². The Morgan fingerprint density at radius 2 is 2.50 bits per heavy atom. The van der Waals surface area contributed by atoms with Crippen molar-refractivity contribution >= 4 is 11.7 Å². The highest BCUT2D eigenvalue weighted by Crippen LogP contribution is 1.81. The molecule has 0 atom stereocenters. The van der Waals surface area contributed by atoms with E-state index in [0.29, 0.717) is 6.54 Å². The van der Waals surface area contributed by atoms with Gasteiger partial charge in [-0.1, -0.05) is 0 Å². The Morgan fingerprint density at radius 3 is 2.88 bits per heavy atom. The van der Waals surface area contributed by atoms with Crippen LogP contribution < -0.4 is 10.9 Å². The summed E-state index contributed by atoms with van der Waals surface area (Å²) >= 11 is 0. The second kappa shape index (κ2) is 1.92. The normalized spacial score (nSPS) is 19.6. The third-order valence-electron chi connectivity index (χ3n) is 0.832. The number of aliphatic imine (C=N–C) groups is 1. The zero-order chi connectivity index (χ0) is 5.98. The lowest BCUT2D eigenvalue weighted by Crippen LogP contribution is -2.43. The Labute approximate surface area is 47.0 Å². The van der Waals surface area contributed by atoms with E-state index in [1.807, 2.05) is 0 Å². The molecular weight excluding hydrogens is 106 g/mol. The fraction of sp³-hybridized carbons (Fsp3) is 0.500. The van der Waals surface area contributed by atoms with Crippen LogP contribution in [0, 0.1) is 0 Å². The standard InChI is InChI=1S/C4H7N3O/c1-3-2-5-7-4(8)6-3/h5H,2H2,1H3,(H,7,8). The van der Waals surface area contributed by atoms with Crippen LogP contribution in [0.25, 0.3) is 0 Å². The van der Waals surface area contributed by atoms with Gasteiger partial charge in [-0.2, -0.15) is 0 Å². The predicted octanol–water partition coefficient (Wildman–Crippen LogP) is -0.325. The zero-order valence-electron chi connectivity index (χ0n) is 4.56. The number of carbonyl (C=O) groups is 1. The molecule has 2 N–H and O–H groups in total. The molecule has 1 heterocycles. The Kier molecular flexibility index (Phi) is 1.26. The van der Waals surface area contributed by atoms with Crippen molar-refractivity contribution < 1.29 is 4.79 Å². The smallest absolute Gasteiger partial charge is 0.271 e. The molecule has 2 amide bonds. The van der Waals surface area contributed by atoms with Gasteiger partial charge in [-0.25, -0.2) is 15.2 Å². The number of urea groups is 1. The third-order valence-corrected chi connectivity index (χ3v) is 0.832. The fourth-order valence-electron chi connectivity index (χ4n) is 0.489. The molecule has 0 aromatic rings. The molecule has 4 nitrogen and oxygen atoms in total. The van der Waals surface area contributed by atoms with E-state index in [1.54, 1.807) is 6.92 Å². The van der Waals surface area contributed by atoms with Gasteiger partial charge < -0.3 is 0 Å². The molecule has 0 saturated heterocycles. The van der Waals surface area contributed by atoms with Crippen molar-refractivity contribution in [2.75, 3.05) is 6.54 Å². The van der Waals surface area contributed by atoms with Crippen LogP contribution in [0.5, 0.6) is 0 Å². The maximum absolute atomic E-state index is 10.3. The lowest BCUT2D eigenvalue weighted by atomic mass is 10.4. The van der Waals surface area contributed by atoms with Crippen molar-refractivity contribution in [2.24, 2.45) is 4.99 Å². The molecule has 0 fully saturated rings. The molecule has 1 rings (SSSR count). The lowest BCUT2D eigenvalue weighted by molar-refractivity contribution is 0.244. The minimum Gasteiger partial charge on any atom is -0.271 e. The molecule has 0 bridgehead atoms. The molecule has 1 aliphatic heterocycles. The van der Waals surface area contributed by atoms with Gasteiger partial charge in [0.05, 0.1) is 6.54 Å². The fourth-order valence-corrected chi connectivity index (χ4v) is 0.489. The first kappa shape index (κ1) is 5.24. The molecule has 0 aliphatic carbocycles. The number of nitrogens with zero attached hydrogens (tertiary/aromatic N) is 1. The molecule has 0 spiro atoms. The summed E-state index contributed by atoms with van der Waals surface area (Å²) in [5.74, 6) is 0. The molecule has 4 heteroatoms. The van der Waals surface area contributed by atoms with E-state index in [1.165, 1.54) is 0 Å². The Balaban J connectivity index is 2.64. The molecule has 0 aromatic carbocycles. The Bertz CT molecular complexity index is 140. The van der Waals surface area contributed by atoms with Gasteiger partial charge in [0.2, 0.25) is 0 Å². The van der Waals surface area contributed by atoms with Crippen LogP contribution in [-0.2, 0) is 0 Å². The van der Waals surface area contributed by atoms with Crippen molar-refractivity contribution in [2.45, 2.75) is 6.92 Å². The second-order valence-electron chi connectivity index (χ2n) is 1.63.